The summed E-state index contributed by atoms with van der Waals surface area (Å²) in [5.74, 6) is -0.649. The van der Waals surface area contributed by atoms with Gasteiger partial charge in [-0.3, -0.25) is 9.59 Å². The normalized spacial score (nSPS) is 14.7. The number of carboxylic acids is 1. The summed E-state index contributed by atoms with van der Waals surface area (Å²) in [5, 5.41) is 10.9. The molecule has 0 rings (SSSR count). The van der Waals surface area contributed by atoms with Gasteiger partial charge in [0.05, 0.1) is 0 Å². The van der Waals surface area contributed by atoms with E-state index in [1.807, 2.05) is 6.26 Å². The first-order valence-corrected chi connectivity index (χ1v) is 5.40. The lowest BCUT2D eigenvalue weighted by Gasteiger charge is -2.13. The Balaban J connectivity index is 3.92. The number of carboxylic acid groups (broad SMARTS) is 1. The maximum Gasteiger partial charge on any atom is 0.325 e. The Morgan fingerprint density at radius 2 is 2.00 bits per heavy atom. The van der Waals surface area contributed by atoms with Crippen LogP contribution in [0.1, 0.15) is 13.8 Å². The van der Waals surface area contributed by atoms with Crippen LogP contribution in [-0.4, -0.2) is 35.0 Å². The Labute approximate surface area is 82.1 Å². The Morgan fingerprint density at radius 1 is 1.46 bits per heavy atom. The summed E-state index contributed by atoms with van der Waals surface area (Å²) in [6.07, 6.45) is 1.91. The van der Waals surface area contributed by atoms with Crippen molar-refractivity contribution in [2.24, 2.45) is 5.92 Å². The standard InChI is InChI=1S/C8H15NO3S/c1-5(4-13-3)7(10)9-6(2)8(11)12/h5-6H,4H2,1-3H3,(H,9,10)(H,11,12)/t5?,6-/m0/s1. The topological polar surface area (TPSA) is 66.4 Å². The van der Waals surface area contributed by atoms with Gasteiger partial charge in [-0.2, -0.15) is 11.8 Å². The highest BCUT2D eigenvalue weighted by atomic mass is 32.2. The molecule has 76 valence electrons. The van der Waals surface area contributed by atoms with Gasteiger partial charge in [-0.15, -0.1) is 0 Å². The van der Waals surface area contributed by atoms with E-state index in [9.17, 15) is 9.59 Å². The highest BCUT2D eigenvalue weighted by molar-refractivity contribution is 7.98. The van der Waals surface area contributed by atoms with Crippen molar-refractivity contribution in [2.75, 3.05) is 12.0 Å². The van der Waals surface area contributed by atoms with Crippen molar-refractivity contribution in [3.63, 3.8) is 0 Å². The van der Waals surface area contributed by atoms with Crippen molar-refractivity contribution < 1.29 is 14.7 Å². The third kappa shape index (κ3) is 4.77. The Kier molecular flexibility index (Phi) is 5.53. The van der Waals surface area contributed by atoms with E-state index in [2.05, 4.69) is 5.32 Å². The summed E-state index contributed by atoms with van der Waals surface area (Å²) in [4.78, 5) is 21.7. The monoisotopic (exact) mass is 205 g/mol. The molecule has 13 heavy (non-hydrogen) atoms. The molecule has 0 radical (unpaired) electrons. The molecule has 0 aromatic rings. The molecule has 0 spiro atoms. The highest BCUT2D eigenvalue weighted by Crippen LogP contribution is 2.04. The summed E-state index contributed by atoms with van der Waals surface area (Å²) in [6.45, 7) is 3.23. The summed E-state index contributed by atoms with van der Waals surface area (Å²) in [5.41, 5.74) is 0. The molecule has 0 aromatic heterocycles. The summed E-state index contributed by atoms with van der Waals surface area (Å²) in [7, 11) is 0. The van der Waals surface area contributed by atoms with Gasteiger partial charge in [0.15, 0.2) is 0 Å². The van der Waals surface area contributed by atoms with Crippen LogP contribution in [0.25, 0.3) is 0 Å². The average Bonchev–Trinajstić information content (AvgIpc) is 2.04. The fraction of sp³-hybridized carbons (Fsp3) is 0.750. The van der Waals surface area contributed by atoms with E-state index >= 15 is 0 Å². The minimum Gasteiger partial charge on any atom is -0.480 e. The van der Waals surface area contributed by atoms with E-state index in [4.69, 9.17) is 5.11 Å². The molecule has 0 saturated heterocycles. The van der Waals surface area contributed by atoms with Crippen LogP contribution >= 0.6 is 11.8 Å². The van der Waals surface area contributed by atoms with Crippen LogP contribution in [0.15, 0.2) is 0 Å². The van der Waals surface area contributed by atoms with Crippen LogP contribution in [0, 0.1) is 5.92 Å². The molecule has 1 unspecified atom stereocenters. The van der Waals surface area contributed by atoms with Crippen LogP contribution in [0.4, 0.5) is 0 Å². The second kappa shape index (κ2) is 5.85. The van der Waals surface area contributed by atoms with Gasteiger partial charge in [-0.25, -0.2) is 0 Å². The molecule has 0 heterocycles. The number of aliphatic carboxylic acids is 1. The van der Waals surface area contributed by atoms with Crippen LogP contribution in [0.5, 0.6) is 0 Å². The first-order chi connectivity index (χ1) is 5.99. The second-order valence-electron chi connectivity index (χ2n) is 2.92. The van der Waals surface area contributed by atoms with Crippen molar-refractivity contribution in [3.8, 4) is 0 Å². The lowest BCUT2D eigenvalue weighted by molar-refractivity contribution is -0.141. The van der Waals surface area contributed by atoms with Crippen LogP contribution in [0.2, 0.25) is 0 Å². The molecular formula is C8H15NO3S. The fourth-order valence-corrected chi connectivity index (χ4v) is 1.39. The Bertz CT molecular complexity index is 196. The number of thioether (sulfide) groups is 1. The zero-order valence-corrected chi connectivity index (χ0v) is 8.85. The van der Waals surface area contributed by atoms with Gasteiger partial charge in [0.2, 0.25) is 5.91 Å². The lowest BCUT2D eigenvalue weighted by atomic mass is 10.2. The maximum atomic E-state index is 11.3. The average molecular weight is 205 g/mol. The highest BCUT2D eigenvalue weighted by Gasteiger charge is 2.18. The van der Waals surface area contributed by atoms with E-state index in [1.165, 1.54) is 6.92 Å². The molecule has 0 aliphatic rings. The molecule has 2 N–H and O–H groups in total. The first-order valence-electron chi connectivity index (χ1n) is 4.01. The number of rotatable bonds is 5. The van der Waals surface area contributed by atoms with E-state index in [1.54, 1.807) is 18.7 Å². The summed E-state index contributed by atoms with van der Waals surface area (Å²) in [6, 6.07) is -0.809. The van der Waals surface area contributed by atoms with Crippen LogP contribution < -0.4 is 5.32 Å². The predicted octanol–water partition coefficient (Wildman–Crippen LogP) is 0.575. The molecule has 0 bridgehead atoms. The number of nitrogens with one attached hydrogen (secondary N) is 1. The Hall–Kier alpha value is -0.710. The SMILES string of the molecule is CSCC(C)C(=O)N[C@@H](C)C(=O)O. The molecule has 4 nitrogen and oxygen atoms in total. The van der Waals surface area contributed by atoms with Gasteiger partial charge in [-0.05, 0) is 13.2 Å². The fourth-order valence-electron chi connectivity index (χ4n) is 0.743. The van der Waals surface area contributed by atoms with E-state index in [-0.39, 0.29) is 11.8 Å². The number of carbonyl (C=O) groups excluding carboxylic acids is 1. The van der Waals surface area contributed by atoms with Gasteiger partial charge < -0.3 is 10.4 Å². The number of carbonyl (C=O) groups is 2. The number of amides is 1. The smallest absolute Gasteiger partial charge is 0.325 e. The zero-order chi connectivity index (χ0) is 10.4. The molecule has 5 heteroatoms. The van der Waals surface area contributed by atoms with Gasteiger partial charge in [-0.1, -0.05) is 6.92 Å². The summed E-state index contributed by atoms with van der Waals surface area (Å²) < 4.78 is 0. The predicted molar refractivity (Wildman–Crippen MR) is 52.8 cm³/mol. The van der Waals surface area contributed by atoms with E-state index in [0.29, 0.717) is 5.75 Å². The largest absolute Gasteiger partial charge is 0.480 e. The second-order valence-corrected chi connectivity index (χ2v) is 3.84. The van der Waals surface area contributed by atoms with Gasteiger partial charge in [0.1, 0.15) is 6.04 Å². The van der Waals surface area contributed by atoms with Gasteiger partial charge >= 0.3 is 5.97 Å². The minimum absolute atomic E-state index is 0.142. The minimum atomic E-state index is -1.01. The number of hydrogen-bond donors (Lipinski definition) is 2. The van der Waals surface area contributed by atoms with Crippen LogP contribution in [-0.2, 0) is 9.59 Å². The Morgan fingerprint density at radius 3 is 2.38 bits per heavy atom. The van der Waals surface area contributed by atoms with Crippen molar-refractivity contribution in [1.29, 1.82) is 0 Å². The van der Waals surface area contributed by atoms with Gasteiger partial charge in [0, 0.05) is 11.7 Å². The summed E-state index contributed by atoms with van der Waals surface area (Å²) >= 11 is 1.57. The zero-order valence-electron chi connectivity index (χ0n) is 8.03. The van der Waals surface area contributed by atoms with E-state index < -0.39 is 12.0 Å². The van der Waals surface area contributed by atoms with Crippen LogP contribution in [0.3, 0.4) is 0 Å². The quantitative estimate of drug-likeness (QED) is 0.689. The van der Waals surface area contributed by atoms with Crippen molar-refractivity contribution in [2.45, 2.75) is 19.9 Å². The molecular weight excluding hydrogens is 190 g/mol. The molecule has 0 saturated carbocycles. The van der Waals surface area contributed by atoms with Crippen molar-refractivity contribution in [3.05, 3.63) is 0 Å². The first kappa shape index (κ1) is 12.3. The number of hydrogen-bond acceptors (Lipinski definition) is 3. The third-order valence-electron chi connectivity index (χ3n) is 1.59. The molecule has 1 amide bonds. The maximum absolute atomic E-state index is 11.3. The van der Waals surface area contributed by atoms with Crippen molar-refractivity contribution in [1.82, 2.24) is 5.32 Å². The molecule has 0 aromatic carbocycles. The molecule has 0 aliphatic heterocycles. The molecule has 0 fully saturated rings. The third-order valence-corrected chi connectivity index (χ3v) is 2.43. The lowest BCUT2D eigenvalue weighted by Crippen LogP contribution is -2.41. The van der Waals surface area contributed by atoms with Crippen molar-refractivity contribution >= 4 is 23.6 Å². The van der Waals surface area contributed by atoms with E-state index in [0.717, 1.165) is 0 Å². The van der Waals surface area contributed by atoms with Gasteiger partial charge in [0.25, 0.3) is 0 Å². The molecule has 2 atom stereocenters. The molecule has 0 aliphatic carbocycles.